The predicted octanol–water partition coefficient (Wildman–Crippen LogP) is 3.55. The van der Waals surface area contributed by atoms with Gasteiger partial charge >= 0.3 is 0 Å². The van der Waals surface area contributed by atoms with E-state index in [1.165, 1.54) is 11.3 Å². The third-order valence-electron chi connectivity index (χ3n) is 3.83. The Morgan fingerprint density at radius 1 is 1.23 bits per heavy atom. The van der Waals surface area contributed by atoms with E-state index < -0.39 is 0 Å². The van der Waals surface area contributed by atoms with E-state index in [0.29, 0.717) is 4.88 Å². The normalized spacial score (nSPS) is 11.3. The number of carbonyl (C=O) groups excluding carboxylic acids is 1. The molecule has 6 nitrogen and oxygen atoms in total. The molecular formula is C19H15N5OS. The minimum atomic E-state index is -0.245. The topological polar surface area (TPSA) is 72.2 Å². The van der Waals surface area contributed by atoms with Gasteiger partial charge in [0.1, 0.15) is 4.83 Å². The lowest BCUT2D eigenvalue weighted by molar-refractivity contribution is 0.0959. The third-order valence-corrected chi connectivity index (χ3v) is 4.94. The number of rotatable bonds is 4. The molecule has 0 radical (unpaired) electrons. The van der Waals surface area contributed by atoms with Crippen molar-refractivity contribution in [2.24, 2.45) is 5.10 Å². The van der Waals surface area contributed by atoms with Gasteiger partial charge in [0.05, 0.1) is 22.5 Å². The van der Waals surface area contributed by atoms with Crippen molar-refractivity contribution >= 4 is 33.7 Å². The van der Waals surface area contributed by atoms with Crippen molar-refractivity contribution in [2.75, 3.05) is 0 Å². The van der Waals surface area contributed by atoms with E-state index in [-0.39, 0.29) is 5.91 Å². The van der Waals surface area contributed by atoms with Crippen LogP contribution in [0.3, 0.4) is 0 Å². The lowest BCUT2D eigenvalue weighted by Gasteiger charge is -2.01. The van der Waals surface area contributed by atoms with Gasteiger partial charge in [0.25, 0.3) is 5.91 Å². The zero-order valence-corrected chi connectivity index (χ0v) is 14.8. The number of pyridine rings is 1. The van der Waals surface area contributed by atoms with E-state index in [0.717, 1.165) is 27.2 Å². The Kier molecular flexibility index (Phi) is 4.28. The second-order valence-corrected chi connectivity index (χ2v) is 6.68. The van der Waals surface area contributed by atoms with Crippen molar-refractivity contribution in [1.82, 2.24) is 20.2 Å². The Hall–Kier alpha value is -3.32. The zero-order chi connectivity index (χ0) is 17.9. The number of hydrogen-bond donors (Lipinski definition) is 1. The van der Waals surface area contributed by atoms with Gasteiger partial charge in [-0.05, 0) is 31.2 Å². The summed E-state index contributed by atoms with van der Waals surface area (Å²) in [6, 6.07) is 15.4. The number of thiophene rings is 1. The number of aromatic nitrogens is 3. The summed E-state index contributed by atoms with van der Waals surface area (Å²) >= 11 is 1.40. The number of nitrogens with zero attached hydrogens (tertiary/aromatic N) is 4. The number of carbonyl (C=O) groups is 1. The molecule has 128 valence electrons. The van der Waals surface area contributed by atoms with Crippen LogP contribution >= 0.6 is 11.3 Å². The van der Waals surface area contributed by atoms with Gasteiger partial charge in [-0.1, -0.05) is 24.3 Å². The van der Waals surface area contributed by atoms with Gasteiger partial charge in [0.2, 0.25) is 0 Å². The Morgan fingerprint density at radius 3 is 2.85 bits per heavy atom. The van der Waals surface area contributed by atoms with Crippen LogP contribution in [0.4, 0.5) is 0 Å². The molecule has 1 amide bonds. The van der Waals surface area contributed by atoms with Gasteiger partial charge in [0.15, 0.2) is 0 Å². The number of para-hydroxylation sites is 1. The van der Waals surface area contributed by atoms with Crippen LogP contribution in [0.1, 0.15) is 20.9 Å². The van der Waals surface area contributed by atoms with Crippen molar-refractivity contribution in [3.8, 4) is 5.69 Å². The largest absolute Gasteiger partial charge is 0.281 e. The predicted molar refractivity (Wildman–Crippen MR) is 103 cm³/mol. The van der Waals surface area contributed by atoms with Crippen LogP contribution in [0.25, 0.3) is 15.9 Å². The molecule has 3 aromatic heterocycles. The van der Waals surface area contributed by atoms with Crippen LogP contribution < -0.4 is 5.43 Å². The number of amides is 1. The van der Waals surface area contributed by atoms with E-state index in [9.17, 15) is 4.79 Å². The van der Waals surface area contributed by atoms with Crippen LogP contribution in [-0.2, 0) is 0 Å². The minimum absolute atomic E-state index is 0.245. The highest BCUT2D eigenvalue weighted by Crippen LogP contribution is 2.30. The summed E-state index contributed by atoms with van der Waals surface area (Å²) in [6.45, 7) is 1.94. The Morgan fingerprint density at radius 2 is 2.08 bits per heavy atom. The van der Waals surface area contributed by atoms with Crippen molar-refractivity contribution in [1.29, 1.82) is 0 Å². The molecule has 0 aliphatic rings. The minimum Gasteiger partial charge on any atom is -0.266 e. The van der Waals surface area contributed by atoms with Crippen molar-refractivity contribution in [3.05, 3.63) is 77.1 Å². The van der Waals surface area contributed by atoms with Gasteiger partial charge in [-0.15, -0.1) is 11.3 Å². The Labute approximate surface area is 153 Å². The summed E-state index contributed by atoms with van der Waals surface area (Å²) in [5.74, 6) is -0.245. The molecule has 0 aliphatic carbocycles. The van der Waals surface area contributed by atoms with Crippen molar-refractivity contribution in [3.63, 3.8) is 0 Å². The highest BCUT2D eigenvalue weighted by atomic mass is 32.1. The van der Waals surface area contributed by atoms with E-state index >= 15 is 0 Å². The van der Waals surface area contributed by atoms with Gasteiger partial charge in [-0.2, -0.15) is 10.2 Å². The lowest BCUT2D eigenvalue weighted by Crippen LogP contribution is -2.16. The van der Waals surface area contributed by atoms with Crippen LogP contribution in [0, 0.1) is 6.92 Å². The van der Waals surface area contributed by atoms with Crippen molar-refractivity contribution < 1.29 is 4.79 Å². The molecule has 0 unspecified atom stereocenters. The molecule has 7 heteroatoms. The number of fused-ring (bicyclic) bond motifs is 1. The summed E-state index contributed by atoms with van der Waals surface area (Å²) < 4.78 is 1.87. The fourth-order valence-electron chi connectivity index (χ4n) is 2.58. The SMILES string of the molecule is Cc1nn(-c2ccccc2)c2sc(C(=O)NN=Cc3cccnc3)cc12. The summed E-state index contributed by atoms with van der Waals surface area (Å²) in [5.41, 5.74) is 5.23. The molecule has 0 spiro atoms. The van der Waals surface area contributed by atoms with E-state index in [2.05, 4.69) is 20.6 Å². The number of benzene rings is 1. The summed E-state index contributed by atoms with van der Waals surface area (Å²) in [6.07, 6.45) is 4.92. The average Bonchev–Trinajstić information content (AvgIpc) is 3.24. The first-order valence-electron chi connectivity index (χ1n) is 8.00. The molecule has 0 saturated carbocycles. The summed E-state index contributed by atoms with van der Waals surface area (Å²) in [5, 5.41) is 9.55. The van der Waals surface area contributed by atoms with Gasteiger partial charge in [0, 0.05) is 23.3 Å². The fourth-order valence-corrected chi connectivity index (χ4v) is 3.65. The quantitative estimate of drug-likeness (QED) is 0.446. The number of aryl methyl sites for hydroxylation is 1. The zero-order valence-electron chi connectivity index (χ0n) is 14.0. The second-order valence-electron chi connectivity index (χ2n) is 5.65. The molecule has 4 aromatic rings. The van der Waals surface area contributed by atoms with Crippen LogP contribution in [-0.4, -0.2) is 26.9 Å². The third kappa shape index (κ3) is 3.12. The van der Waals surface area contributed by atoms with Crippen molar-refractivity contribution in [2.45, 2.75) is 6.92 Å². The second kappa shape index (κ2) is 6.89. The molecule has 0 saturated heterocycles. The maximum absolute atomic E-state index is 12.4. The monoisotopic (exact) mass is 361 g/mol. The van der Waals surface area contributed by atoms with E-state index in [1.54, 1.807) is 18.6 Å². The maximum Gasteiger partial charge on any atom is 0.281 e. The first-order chi connectivity index (χ1) is 12.7. The standard InChI is InChI=1S/C19H15N5OS/c1-13-16-10-17(18(25)22-21-12-14-6-5-9-20-11-14)26-19(16)24(23-13)15-7-3-2-4-8-15/h2-12H,1H3,(H,22,25). The molecule has 0 aliphatic heterocycles. The molecule has 1 N–H and O–H groups in total. The van der Waals surface area contributed by atoms with Gasteiger partial charge in [-0.25, -0.2) is 10.1 Å². The van der Waals surface area contributed by atoms with Crippen LogP contribution in [0.15, 0.2) is 66.0 Å². The summed E-state index contributed by atoms with van der Waals surface area (Å²) in [4.78, 5) is 17.9. The van der Waals surface area contributed by atoms with E-state index in [4.69, 9.17) is 0 Å². The first-order valence-corrected chi connectivity index (χ1v) is 8.82. The number of nitrogens with one attached hydrogen (secondary N) is 1. The number of hydrogen-bond acceptors (Lipinski definition) is 5. The Bertz CT molecular complexity index is 1080. The molecular weight excluding hydrogens is 346 g/mol. The first kappa shape index (κ1) is 16.2. The van der Waals surface area contributed by atoms with Crippen LogP contribution in [0.2, 0.25) is 0 Å². The molecule has 0 bridgehead atoms. The maximum atomic E-state index is 12.4. The smallest absolute Gasteiger partial charge is 0.266 e. The number of hydrazone groups is 1. The fraction of sp³-hybridized carbons (Fsp3) is 0.0526. The molecule has 0 atom stereocenters. The highest BCUT2D eigenvalue weighted by molar-refractivity contribution is 7.20. The van der Waals surface area contributed by atoms with E-state index in [1.807, 2.05) is 60.1 Å². The Balaban J connectivity index is 1.59. The molecule has 0 fully saturated rings. The highest BCUT2D eigenvalue weighted by Gasteiger charge is 2.16. The van der Waals surface area contributed by atoms with Gasteiger partial charge < -0.3 is 0 Å². The molecule has 3 heterocycles. The lowest BCUT2D eigenvalue weighted by atomic mass is 10.3. The average molecular weight is 361 g/mol. The molecule has 26 heavy (non-hydrogen) atoms. The molecule has 1 aromatic carbocycles. The van der Waals surface area contributed by atoms with Crippen LogP contribution in [0.5, 0.6) is 0 Å². The summed E-state index contributed by atoms with van der Waals surface area (Å²) in [7, 11) is 0. The van der Waals surface area contributed by atoms with Gasteiger partial charge in [-0.3, -0.25) is 9.78 Å². The molecule has 4 rings (SSSR count).